The van der Waals surface area contributed by atoms with Gasteiger partial charge in [0.05, 0.1) is 6.20 Å². The largest absolute Gasteiger partial charge is 0.286 e. The first-order valence-corrected chi connectivity index (χ1v) is 4.53. The fraction of sp³-hybridized carbons (Fsp3) is 0.300. The fourth-order valence-corrected chi connectivity index (χ4v) is 1.39. The molecule has 0 aliphatic heterocycles. The molecule has 0 N–H and O–H groups in total. The van der Waals surface area contributed by atoms with Crippen molar-refractivity contribution >= 4 is 0 Å². The summed E-state index contributed by atoms with van der Waals surface area (Å²) in [7, 11) is 1.92. The van der Waals surface area contributed by atoms with Crippen LogP contribution in [0.5, 0.6) is 0 Å². The smallest absolute Gasteiger partial charge is 0.275 e. The molecule has 0 spiro atoms. The Morgan fingerprint density at radius 2 is 2.36 bits per heavy atom. The standard InChI is InChI=1S/C10H13N4/c1-9-5-11-8-14(6-9)7-10-3-4-13(2)12-10/h3-6,8H,7H2,1-2H3/q+1. The molecule has 4 heteroatoms. The molecule has 0 radical (unpaired) electrons. The van der Waals surface area contributed by atoms with Gasteiger partial charge in [0.2, 0.25) is 0 Å². The molecule has 0 aliphatic carbocycles. The lowest BCUT2D eigenvalue weighted by Gasteiger charge is -1.95. The van der Waals surface area contributed by atoms with E-state index in [0.717, 1.165) is 17.8 Å². The third kappa shape index (κ3) is 1.96. The number of nitrogens with zero attached hydrogens (tertiary/aromatic N) is 4. The van der Waals surface area contributed by atoms with Gasteiger partial charge in [-0.25, -0.2) is 4.57 Å². The molecule has 0 saturated heterocycles. The van der Waals surface area contributed by atoms with Gasteiger partial charge in [-0.05, 0) is 13.0 Å². The van der Waals surface area contributed by atoms with Crippen molar-refractivity contribution < 1.29 is 4.57 Å². The normalized spacial score (nSPS) is 10.4. The summed E-state index contributed by atoms with van der Waals surface area (Å²) in [6.07, 6.45) is 7.65. The van der Waals surface area contributed by atoms with Gasteiger partial charge >= 0.3 is 0 Å². The lowest BCUT2D eigenvalue weighted by Crippen LogP contribution is -2.34. The lowest BCUT2D eigenvalue weighted by atomic mass is 10.4. The minimum absolute atomic E-state index is 0.773. The van der Waals surface area contributed by atoms with Crippen LogP contribution in [0.4, 0.5) is 0 Å². The van der Waals surface area contributed by atoms with E-state index in [1.54, 1.807) is 4.68 Å². The molecule has 0 amide bonds. The minimum Gasteiger partial charge on any atom is -0.275 e. The number of rotatable bonds is 2. The molecule has 2 rings (SSSR count). The Balaban J connectivity index is 2.18. The van der Waals surface area contributed by atoms with Crippen molar-refractivity contribution in [1.82, 2.24) is 14.8 Å². The maximum Gasteiger partial charge on any atom is 0.286 e. The Bertz CT molecular complexity index is 433. The Kier molecular flexibility index (Phi) is 2.26. The second-order valence-corrected chi connectivity index (χ2v) is 3.42. The highest BCUT2D eigenvalue weighted by Crippen LogP contribution is 1.93. The van der Waals surface area contributed by atoms with E-state index >= 15 is 0 Å². The van der Waals surface area contributed by atoms with Crippen molar-refractivity contribution in [3.8, 4) is 0 Å². The van der Waals surface area contributed by atoms with Crippen molar-refractivity contribution in [2.75, 3.05) is 0 Å². The van der Waals surface area contributed by atoms with E-state index in [4.69, 9.17) is 0 Å². The Hall–Kier alpha value is -1.71. The predicted molar refractivity (Wildman–Crippen MR) is 51.5 cm³/mol. The number of aryl methyl sites for hydroxylation is 2. The van der Waals surface area contributed by atoms with Gasteiger partial charge in [0.15, 0.2) is 0 Å². The average Bonchev–Trinajstić information content (AvgIpc) is 2.51. The highest BCUT2D eigenvalue weighted by atomic mass is 15.3. The van der Waals surface area contributed by atoms with Crippen LogP contribution >= 0.6 is 0 Å². The summed E-state index contributed by atoms with van der Waals surface area (Å²) in [5, 5.41) is 4.30. The van der Waals surface area contributed by atoms with E-state index in [-0.39, 0.29) is 0 Å². The highest BCUT2D eigenvalue weighted by Gasteiger charge is 2.03. The van der Waals surface area contributed by atoms with Crippen molar-refractivity contribution in [2.24, 2.45) is 7.05 Å². The first kappa shape index (κ1) is 8.87. The van der Waals surface area contributed by atoms with Crippen molar-refractivity contribution in [3.63, 3.8) is 0 Å². The topological polar surface area (TPSA) is 34.6 Å². The van der Waals surface area contributed by atoms with Crippen molar-refractivity contribution in [3.05, 3.63) is 42.2 Å². The molecule has 0 fully saturated rings. The fourth-order valence-electron chi connectivity index (χ4n) is 1.39. The first-order chi connectivity index (χ1) is 6.74. The molecule has 72 valence electrons. The number of hydrogen-bond donors (Lipinski definition) is 0. The monoisotopic (exact) mass is 189 g/mol. The Labute approximate surface area is 82.8 Å². The van der Waals surface area contributed by atoms with Crippen LogP contribution in [0.1, 0.15) is 11.3 Å². The Morgan fingerprint density at radius 3 is 3.00 bits per heavy atom. The quantitative estimate of drug-likeness (QED) is 0.643. The van der Waals surface area contributed by atoms with Gasteiger partial charge in [0.1, 0.15) is 18.4 Å². The molecule has 0 unspecified atom stereocenters. The molecular formula is C10H13N4+. The molecule has 0 aromatic carbocycles. The van der Waals surface area contributed by atoms with E-state index in [0.29, 0.717) is 0 Å². The molecule has 0 aliphatic rings. The van der Waals surface area contributed by atoms with E-state index in [2.05, 4.69) is 16.3 Å². The molecule has 14 heavy (non-hydrogen) atoms. The van der Waals surface area contributed by atoms with Crippen LogP contribution in [0.25, 0.3) is 0 Å². The molecule has 0 bridgehead atoms. The lowest BCUT2D eigenvalue weighted by molar-refractivity contribution is -0.692. The summed E-state index contributed by atoms with van der Waals surface area (Å²) < 4.78 is 3.83. The third-order valence-electron chi connectivity index (χ3n) is 1.98. The predicted octanol–water partition coefficient (Wildman–Crippen LogP) is 0.459. The van der Waals surface area contributed by atoms with Gasteiger partial charge in [-0.3, -0.25) is 4.68 Å². The molecule has 0 saturated carbocycles. The molecule has 0 atom stereocenters. The van der Waals surface area contributed by atoms with E-state index in [9.17, 15) is 0 Å². The van der Waals surface area contributed by atoms with Crippen LogP contribution in [0.2, 0.25) is 0 Å². The molecule has 2 aromatic heterocycles. The summed E-state index contributed by atoms with van der Waals surface area (Å²) in [6, 6.07) is 2.01. The summed E-state index contributed by atoms with van der Waals surface area (Å²) in [5.41, 5.74) is 2.20. The van der Waals surface area contributed by atoms with Crippen molar-refractivity contribution in [2.45, 2.75) is 13.5 Å². The van der Waals surface area contributed by atoms with Gasteiger partial charge in [-0.15, -0.1) is 0 Å². The van der Waals surface area contributed by atoms with Crippen LogP contribution in [-0.2, 0) is 13.6 Å². The second-order valence-electron chi connectivity index (χ2n) is 3.42. The summed E-state index contributed by atoms with van der Waals surface area (Å²) in [6.45, 7) is 2.80. The van der Waals surface area contributed by atoms with Gasteiger partial charge in [-0.1, -0.05) is 4.98 Å². The van der Waals surface area contributed by atoms with Gasteiger partial charge in [0, 0.05) is 18.8 Å². The van der Waals surface area contributed by atoms with Crippen LogP contribution < -0.4 is 4.57 Å². The molecule has 2 aromatic rings. The summed E-state index contributed by atoms with van der Waals surface area (Å²) in [5.74, 6) is 0. The van der Waals surface area contributed by atoms with Crippen LogP contribution in [-0.4, -0.2) is 14.8 Å². The zero-order valence-electron chi connectivity index (χ0n) is 8.38. The Morgan fingerprint density at radius 1 is 1.50 bits per heavy atom. The van der Waals surface area contributed by atoms with Crippen molar-refractivity contribution in [1.29, 1.82) is 0 Å². The number of aromatic nitrogens is 4. The number of hydrogen-bond acceptors (Lipinski definition) is 2. The molecular weight excluding hydrogens is 176 g/mol. The van der Waals surface area contributed by atoms with Crippen LogP contribution in [0.3, 0.4) is 0 Å². The second kappa shape index (κ2) is 3.57. The molecule has 4 nitrogen and oxygen atoms in total. The van der Waals surface area contributed by atoms with E-state index < -0.39 is 0 Å². The molecule has 2 heterocycles. The zero-order valence-corrected chi connectivity index (χ0v) is 8.38. The highest BCUT2D eigenvalue weighted by molar-refractivity contribution is 4.97. The van der Waals surface area contributed by atoms with Crippen LogP contribution in [0, 0.1) is 6.92 Å². The van der Waals surface area contributed by atoms with Gasteiger partial charge in [-0.2, -0.15) is 5.10 Å². The van der Waals surface area contributed by atoms with E-state index in [1.807, 2.05) is 43.3 Å². The van der Waals surface area contributed by atoms with Gasteiger partial charge in [0.25, 0.3) is 6.33 Å². The van der Waals surface area contributed by atoms with Crippen LogP contribution in [0.15, 0.2) is 31.0 Å². The average molecular weight is 189 g/mol. The summed E-state index contributed by atoms with van der Waals surface area (Å²) in [4.78, 5) is 4.12. The first-order valence-electron chi connectivity index (χ1n) is 4.53. The SMILES string of the molecule is Cc1cnc[n+](Cc2ccn(C)n2)c1. The third-order valence-corrected chi connectivity index (χ3v) is 1.98. The summed E-state index contributed by atoms with van der Waals surface area (Å²) >= 11 is 0. The zero-order chi connectivity index (χ0) is 9.97. The maximum atomic E-state index is 4.30. The van der Waals surface area contributed by atoms with E-state index in [1.165, 1.54) is 0 Å². The minimum atomic E-state index is 0.773. The maximum absolute atomic E-state index is 4.30. The van der Waals surface area contributed by atoms with Gasteiger partial charge < -0.3 is 0 Å².